The number of hydrogen-bond acceptors (Lipinski definition) is 5. The van der Waals surface area contributed by atoms with E-state index in [4.69, 9.17) is 4.84 Å². The second kappa shape index (κ2) is 5.60. The third kappa shape index (κ3) is 2.97. The van der Waals surface area contributed by atoms with Gasteiger partial charge in [0.1, 0.15) is 12.2 Å². The largest absolute Gasteiger partial charge is 0.379 e. The fourth-order valence-electron chi connectivity index (χ4n) is 2.20. The first-order valence-corrected chi connectivity index (χ1v) is 6.81. The molecule has 0 fully saturated rings. The smallest absolute Gasteiger partial charge is 0.267 e. The molecule has 0 aromatic carbocycles. The molecular formula is C13H21N5O2. The van der Waals surface area contributed by atoms with E-state index in [0.717, 1.165) is 11.5 Å². The Morgan fingerprint density at radius 2 is 2.35 bits per heavy atom. The zero-order valence-electron chi connectivity index (χ0n) is 12.4. The van der Waals surface area contributed by atoms with Gasteiger partial charge in [-0.1, -0.05) is 5.16 Å². The molecule has 20 heavy (non-hydrogen) atoms. The molecule has 0 unspecified atom stereocenters. The number of oxime groups is 1. The number of hydrogen-bond donors (Lipinski definition) is 1. The first-order chi connectivity index (χ1) is 9.42. The standard InChI is InChI=1S/C13H21N5O2/c1-9(2)18-8-15-16-11(18)5-6-14-12(19)13(4)7-10(3)17-20-13/h8-9H,5-7H2,1-4H3,(H,14,19)/t13-/m0/s1. The maximum Gasteiger partial charge on any atom is 0.267 e. The molecule has 1 aliphatic rings. The second-order valence-electron chi connectivity index (χ2n) is 5.58. The second-order valence-corrected chi connectivity index (χ2v) is 5.58. The number of aromatic nitrogens is 3. The van der Waals surface area contributed by atoms with Crippen molar-refractivity contribution >= 4 is 11.6 Å². The van der Waals surface area contributed by atoms with E-state index in [9.17, 15) is 4.79 Å². The van der Waals surface area contributed by atoms with Crippen molar-refractivity contribution in [3.63, 3.8) is 0 Å². The predicted molar refractivity (Wildman–Crippen MR) is 74.3 cm³/mol. The lowest BCUT2D eigenvalue weighted by Gasteiger charge is -2.20. The molecule has 0 bridgehead atoms. The highest BCUT2D eigenvalue weighted by Gasteiger charge is 2.40. The van der Waals surface area contributed by atoms with Gasteiger partial charge in [0, 0.05) is 25.4 Å². The minimum atomic E-state index is -0.879. The molecule has 0 saturated heterocycles. The number of rotatable bonds is 5. The van der Waals surface area contributed by atoms with Crippen LogP contribution in [0.2, 0.25) is 0 Å². The minimum absolute atomic E-state index is 0.145. The summed E-state index contributed by atoms with van der Waals surface area (Å²) in [4.78, 5) is 17.3. The molecule has 2 heterocycles. The van der Waals surface area contributed by atoms with Crippen LogP contribution < -0.4 is 5.32 Å². The molecule has 7 nitrogen and oxygen atoms in total. The summed E-state index contributed by atoms with van der Waals surface area (Å²) in [7, 11) is 0. The van der Waals surface area contributed by atoms with Gasteiger partial charge in [-0.15, -0.1) is 10.2 Å². The summed E-state index contributed by atoms with van der Waals surface area (Å²) >= 11 is 0. The van der Waals surface area contributed by atoms with Gasteiger partial charge in [-0.2, -0.15) is 0 Å². The van der Waals surface area contributed by atoms with Crippen LogP contribution in [0.4, 0.5) is 0 Å². The molecule has 0 saturated carbocycles. The van der Waals surface area contributed by atoms with Gasteiger partial charge in [-0.25, -0.2) is 0 Å². The van der Waals surface area contributed by atoms with E-state index in [1.165, 1.54) is 0 Å². The summed E-state index contributed by atoms with van der Waals surface area (Å²) in [6.07, 6.45) is 2.88. The molecule has 1 amide bonds. The molecule has 1 aromatic rings. The van der Waals surface area contributed by atoms with Crippen molar-refractivity contribution < 1.29 is 9.63 Å². The fourth-order valence-corrected chi connectivity index (χ4v) is 2.20. The number of carbonyl (C=O) groups excluding carboxylic acids is 1. The SMILES string of the molecule is CC1=NO[C@](C)(C(=O)NCCc2nncn2C(C)C)C1. The molecule has 1 aliphatic heterocycles. The van der Waals surface area contributed by atoms with Gasteiger partial charge in [-0.3, -0.25) is 4.79 Å². The highest BCUT2D eigenvalue weighted by molar-refractivity contribution is 5.94. The summed E-state index contributed by atoms with van der Waals surface area (Å²) in [6.45, 7) is 8.24. The first kappa shape index (κ1) is 14.5. The average molecular weight is 279 g/mol. The van der Waals surface area contributed by atoms with Crippen LogP contribution in [0.1, 0.15) is 46.0 Å². The maximum absolute atomic E-state index is 12.1. The van der Waals surface area contributed by atoms with E-state index in [0.29, 0.717) is 25.4 Å². The van der Waals surface area contributed by atoms with Gasteiger partial charge in [0.15, 0.2) is 0 Å². The highest BCUT2D eigenvalue weighted by atomic mass is 16.7. The number of carbonyl (C=O) groups is 1. The van der Waals surface area contributed by atoms with E-state index >= 15 is 0 Å². The van der Waals surface area contributed by atoms with Gasteiger partial charge in [0.2, 0.25) is 5.60 Å². The fraction of sp³-hybridized carbons (Fsp3) is 0.692. The normalized spacial score (nSPS) is 21.8. The van der Waals surface area contributed by atoms with Crippen LogP contribution in [0.25, 0.3) is 0 Å². The quantitative estimate of drug-likeness (QED) is 0.874. The van der Waals surface area contributed by atoms with Gasteiger partial charge < -0.3 is 14.7 Å². The predicted octanol–water partition coefficient (Wildman–Crippen LogP) is 1.07. The molecule has 0 spiro atoms. The van der Waals surface area contributed by atoms with E-state index in [1.54, 1.807) is 13.3 Å². The van der Waals surface area contributed by atoms with E-state index in [-0.39, 0.29) is 5.91 Å². The Bertz CT molecular complexity index is 523. The van der Waals surface area contributed by atoms with E-state index < -0.39 is 5.60 Å². The number of nitrogens with one attached hydrogen (secondary N) is 1. The van der Waals surface area contributed by atoms with Crippen LogP contribution in [-0.2, 0) is 16.1 Å². The van der Waals surface area contributed by atoms with Crippen molar-refractivity contribution in [1.29, 1.82) is 0 Å². The molecule has 1 aromatic heterocycles. The lowest BCUT2D eigenvalue weighted by atomic mass is 9.99. The summed E-state index contributed by atoms with van der Waals surface area (Å²) in [5.41, 5.74) is -0.0438. The van der Waals surface area contributed by atoms with Gasteiger partial charge >= 0.3 is 0 Å². The molecule has 0 radical (unpaired) electrons. The molecule has 0 aliphatic carbocycles. The Hall–Kier alpha value is -1.92. The third-order valence-electron chi connectivity index (χ3n) is 3.31. The van der Waals surface area contributed by atoms with Crippen LogP contribution in [0.15, 0.2) is 11.5 Å². The molecular weight excluding hydrogens is 258 g/mol. The molecule has 7 heteroatoms. The lowest BCUT2D eigenvalue weighted by Crippen LogP contribution is -2.45. The molecule has 2 rings (SSSR count). The van der Waals surface area contributed by atoms with Crippen LogP contribution in [0.3, 0.4) is 0 Å². The minimum Gasteiger partial charge on any atom is -0.379 e. The summed E-state index contributed by atoms with van der Waals surface area (Å²) in [5, 5.41) is 14.7. The topological polar surface area (TPSA) is 81.4 Å². The number of nitrogens with zero attached hydrogens (tertiary/aromatic N) is 4. The molecule has 1 atom stereocenters. The van der Waals surface area contributed by atoms with Gasteiger partial charge in [0.25, 0.3) is 5.91 Å². The van der Waals surface area contributed by atoms with E-state index in [1.807, 2.05) is 11.5 Å². The molecule has 110 valence electrons. The Morgan fingerprint density at radius 3 is 2.95 bits per heavy atom. The van der Waals surface area contributed by atoms with Crippen LogP contribution in [0, 0.1) is 0 Å². The van der Waals surface area contributed by atoms with E-state index in [2.05, 4.69) is 34.5 Å². The van der Waals surface area contributed by atoms with Crippen molar-refractivity contribution in [2.75, 3.05) is 6.54 Å². The number of amides is 1. The zero-order chi connectivity index (χ0) is 14.8. The Labute approximate surface area is 118 Å². The van der Waals surface area contributed by atoms with Crippen LogP contribution in [-0.4, -0.2) is 38.5 Å². The Kier molecular flexibility index (Phi) is 4.06. The summed E-state index contributed by atoms with van der Waals surface area (Å²) in [6, 6.07) is 0.308. The van der Waals surface area contributed by atoms with Gasteiger partial charge in [-0.05, 0) is 27.7 Å². The lowest BCUT2D eigenvalue weighted by molar-refractivity contribution is -0.141. The van der Waals surface area contributed by atoms with Crippen molar-refractivity contribution in [3.05, 3.63) is 12.2 Å². The maximum atomic E-state index is 12.1. The van der Waals surface area contributed by atoms with Crippen molar-refractivity contribution in [1.82, 2.24) is 20.1 Å². The first-order valence-electron chi connectivity index (χ1n) is 6.81. The van der Waals surface area contributed by atoms with Gasteiger partial charge in [0.05, 0.1) is 5.71 Å². The zero-order valence-corrected chi connectivity index (χ0v) is 12.4. The summed E-state index contributed by atoms with van der Waals surface area (Å²) in [5.74, 6) is 0.721. The Morgan fingerprint density at radius 1 is 1.60 bits per heavy atom. The average Bonchev–Trinajstić information content (AvgIpc) is 2.97. The van der Waals surface area contributed by atoms with Crippen molar-refractivity contribution in [2.45, 2.75) is 52.2 Å². The highest BCUT2D eigenvalue weighted by Crippen LogP contribution is 2.23. The van der Waals surface area contributed by atoms with Crippen LogP contribution in [0.5, 0.6) is 0 Å². The Balaban J connectivity index is 1.84. The van der Waals surface area contributed by atoms with Crippen molar-refractivity contribution in [3.8, 4) is 0 Å². The molecule has 1 N–H and O–H groups in total. The third-order valence-corrected chi connectivity index (χ3v) is 3.31. The van der Waals surface area contributed by atoms with Crippen molar-refractivity contribution in [2.24, 2.45) is 5.16 Å². The summed E-state index contributed by atoms with van der Waals surface area (Å²) < 4.78 is 1.99. The monoisotopic (exact) mass is 279 g/mol. The van der Waals surface area contributed by atoms with Crippen LogP contribution >= 0.6 is 0 Å².